The van der Waals surface area contributed by atoms with Gasteiger partial charge in [-0.05, 0) is 48.2 Å². The van der Waals surface area contributed by atoms with Crippen LogP contribution >= 0.6 is 0 Å². The van der Waals surface area contributed by atoms with Gasteiger partial charge in [0.1, 0.15) is 12.4 Å². The summed E-state index contributed by atoms with van der Waals surface area (Å²) in [5.74, 6) is 1.23. The first-order valence-corrected chi connectivity index (χ1v) is 7.64. The van der Waals surface area contributed by atoms with Crippen LogP contribution in [0, 0.1) is 6.92 Å². The molecular formula is C19H23NO2. The van der Waals surface area contributed by atoms with E-state index in [0.717, 1.165) is 11.3 Å². The lowest BCUT2D eigenvalue weighted by molar-refractivity contribution is 0.0947. The number of ether oxygens (including phenoxy) is 1. The normalized spacial score (nSPS) is 10.5. The van der Waals surface area contributed by atoms with E-state index in [1.54, 1.807) is 0 Å². The summed E-state index contributed by atoms with van der Waals surface area (Å²) in [4.78, 5) is 12.0. The molecule has 2 aromatic carbocycles. The maximum Gasteiger partial charge on any atom is 0.251 e. The third-order valence-corrected chi connectivity index (χ3v) is 3.49. The number of rotatable bonds is 6. The van der Waals surface area contributed by atoms with Gasteiger partial charge in [-0.1, -0.05) is 38.1 Å². The molecular weight excluding hydrogens is 274 g/mol. The van der Waals surface area contributed by atoms with Crippen molar-refractivity contribution in [1.29, 1.82) is 0 Å². The summed E-state index contributed by atoms with van der Waals surface area (Å²) in [7, 11) is 0. The fourth-order valence-electron chi connectivity index (χ4n) is 2.16. The van der Waals surface area contributed by atoms with Crippen molar-refractivity contribution in [2.45, 2.75) is 26.7 Å². The zero-order valence-electron chi connectivity index (χ0n) is 13.4. The van der Waals surface area contributed by atoms with Crippen LogP contribution in [0.25, 0.3) is 0 Å². The van der Waals surface area contributed by atoms with Crippen molar-refractivity contribution >= 4 is 5.91 Å². The molecule has 22 heavy (non-hydrogen) atoms. The van der Waals surface area contributed by atoms with Crippen molar-refractivity contribution in [3.63, 3.8) is 0 Å². The third kappa shape index (κ3) is 4.62. The minimum Gasteiger partial charge on any atom is -0.492 e. The summed E-state index contributed by atoms with van der Waals surface area (Å²) >= 11 is 0. The second kappa shape index (κ2) is 7.64. The molecule has 0 bridgehead atoms. The molecule has 3 nitrogen and oxygen atoms in total. The largest absolute Gasteiger partial charge is 0.492 e. The molecule has 1 N–H and O–H groups in total. The predicted octanol–water partition coefficient (Wildman–Crippen LogP) is 3.93. The lowest BCUT2D eigenvalue weighted by Gasteiger charge is -2.09. The minimum absolute atomic E-state index is 0.0665. The number of amides is 1. The van der Waals surface area contributed by atoms with Crippen LogP contribution < -0.4 is 10.1 Å². The molecule has 0 atom stereocenters. The average molecular weight is 297 g/mol. The van der Waals surface area contributed by atoms with E-state index in [-0.39, 0.29) is 5.91 Å². The summed E-state index contributed by atoms with van der Waals surface area (Å²) in [6.07, 6.45) is 0. The van der Waals surface area contributed by atoms with Crippen LogP contribution in [0.4, 0.5) is 0 Å². The highest BCUT2D eigenvalue weighted by molar-refractivity contribution is 5.94. The quantitative estimate of drug-likeness (QED) is 0.821. The van der Waals surface area contributed by atoms with Gasteiger partial charge >= 0.3 is 0 Å². The Balaban J connectivity index is 1.78. The smallest absolute Gasteiger partial charge is 0.251 e. The Labute approximate surface area is 132 Å². The number of nitrogens with one attached hydrogen (secondary N) is 1. The summed E-state index contributed by atoms with van der Waals surface area (Å²) in [6, 6.07) is 15.6. The standard InChI is InChI=1S/C19H23NO2/c1-14(2)16-7-9-17(10-8-16)19(21)20-11-12-22-18-6-4-5-15(3)13-18/h4-10,13-14H,11-12H2,1-3H3,(H,20,21). The average Bonchev–Trinajstić information content (AvgIpc) is 2.51. The van der Waals surface area contributed by atoms with Gasteiger partial charge in [0.2, 0.25) is 0 Å². The SMILES string of the molecule is Cc1cccc(OCCNC(=O)c2ccc(C(C)C)cc2)c1. The molecule has 0 fully saturated rings. The van der Waals surface area contributed by atoms with Gasteiger partial charge < -0.3 is 10.1 Å². The summed E-state index contributed by atoms with van der Waals surface area (Å²) in [5.41, 5.74) is 3.08. The molecule has 0 saturated heterocycles. The van der Waals surface area contributed by atoms with Gasteiger partial charge in [0, 0.05) is 5.56 Å². The number of carbonyl (C=O) groups excluding carboxylic acids is 1. The Kier molecular flexibility index (Phi) is 5.59. The molecule has 0 heterocycles. The van der Waals surface area contributed by atoms with E-state index >= 15 is 0 Å². The summed E-state index contributed by atoms with van der Waals surface area (Å²) in [6.45, 7) is 7.24. The maximum absolute atomic E-state index is 12.0. The first-order chi connectivity index (χ1) is 10.6. The number of hydrogen-bond donors (Lipinski definition) is 1. The monoisotopic (exact) mass is 297 g/mol. The molecule has 2 aromatic rings. The molecule has 0 aliphatic carbocycles. The lowest BCUT2D eigenvalue weighted by atomic mass is 10.0. The van der Waals surface area contributed by atoms with E-state index in [1.165, 1.54) is 5.56 Å². The lowest BCUT2D eigenvalue weighted by Crippen LogP contribution is -2.28. The molecule has 0 aliphatic heterocycles. The van der Waals surface area contributed by atoms with Gasteiger partial charge in [0.25, 0.3) is 5.91 Å². The Morgan fingerprint density at radius 1 is 1.14 bits per heavy atom. The molecule has 0 spiro atoms. The minimum atomic E-state index is -0.0665. The molecule has 1 amide bonds. The molecule has 0 radical (unpaired) electrons. The first-order valence-electron chi connectivity index (χ1n) is 7.64. The van der Waals surface area contributed by atoms with Gasteiger partial charge in [-0.15, -0.1) is 0 Å². The number of benzene rings is 2. The Morgan fingerprint density at radius 2 is 1.86 bits per heavy atom. The van der Waals surface area contributed by atoms with Crippen molar-refractivity contribution in [1.82, 2.24) is 5.32 Å². The van der Waals surface area contributed by atoms with Crippen LogP contribution in [0.3, 0.4) is 0 Å². The van der Waals surface area contributed by atoms with E-state index in [4.69, 9.17) is 4.74 Å². The number of carbonyl (C=O) groups is 1. The first kappa shape index (κ1) is 16.1. The molecule has 0 saturated carbocycles. The highest BCUT2D eigenvalue weighted by Gasteiger charge is 2.06. The van der Waals surface area contributed by atoms with Crippen LogP contribution in [0.5, 0.6) is 5.75 Å². The maximum atomic E-state index is 12.0. The van der Waals surface area contributed by atoms with Gasteiger partial charge in [-0.3, -0.25) is 4.79 Å². The second-order valence-corrected chi connectivity index (χ2v) is 5.70. The molecule has 0 unspecified atom stereocenters. The van der Waals surface area contributed by atoms with Gasteiger partial charge in [-0.25, -0.2) is 0 Å². The van der Waals surface area contributed by atoms with E-state index in [2.05, 4.69) is 19.2 Å². The zero-order valence-corrected chi connectivity index (χ0v) is 13.4. The zero-order chi connectivity index (χ0) is 15.9. The van der Waals surface area contributed by atoms with E-state index < -0.39 is 0 Å². The Hall–Kier alpha value is -2.29. The second-order valence-electron chi connectivity index (χ2n) is 5.70. The van der Waals surface area contributed by atoms with Crippen molar-refractivity contribution in [2.75, 3.05) is 13.2 Å². The fourth-order valence-corrected chi connectivity index (χ4v) is 2.16. The van der Waals surface area contributed by atoms with Crippen LogP contribution in [0.15, 0.2) is 48.5 Å². The predicted molar refractivity (Wildman–Crippen MR) is 89.5 cm³/mol. The number of hydrogen-bond acceptors (Lipinski definition) is 2. The van der Waals surface area contributed by atoms with Gasteiger partial charge in [-0.2, -0.15) is 0 Å². The third-order valence-electron chi connectivity index (χ3n) is 3.49. The topological polar surface area (TPSA) is 38.3 Å². The Morgan fingerprint density at radius 3 is 2.50 bits per heavy atom. The van der Waals surface area contributed by atoms with E-state index in [0.29, 0.717) is 24.6 Å². The highest BCUT2D eigenvalue weighted by atomic mass is 16.5. The summed E-state index contributed by atoms with van der Waals surface area (Å²) in [5, 5.41) is 2.87. The van der Waals surface area contributed by atoms with Crippen LogP contribution in [-0.4, -0.2) is 19.1 Å². The summed E-state index contributed by atoms with van der Waals surface area (Å²) < 4.78 is 5.61. The van der Waals surface area contributed by atoms with Crippen LogP contribution in [-0.2, 0) is 0 Å². The van der Waals surface area contributed by atoms with Gasteiger partial charge in [0.15, 0.2) is 0 Å². The van der Waals surface area contributed by atoms with Crippen LogP contribution in [0.1, 0.15) is 41.3 Å². The van der Waals surface area contributed by atoms with Gasteiger partial charge in [0.05, 0.1) is 6.54 Å². The molecule has 116 valence electrons. The van der Waals surface area contributed by atoms with E-state index in [1.807, 2.05) is 55.5 Å². The molecule has 0 aliphatic rings. The molecule has 2 rings (SSSR count). The van der Waals surface area contributed by atoms with Crippen molar-refractivity contribution in [3.05, 3.63) is 65.2 Å². The molecule has 3 heteroatoms. The highest BCUT2D eigenvalue weighted by Crippen LogP contribution is 2.14. The fraction of sp³-hybridized carbons (Fsp3) is 0.316. The van der Waals surface area contributed by atoms with Crippen molar-refractivity contribution in [3.8, 4) is 5.75 Å². The molecule has 0 aromatic heterocycles. The number of aryl methyl sites for hydroxylation is 1. The Bertz CT molecular complexity index is 618. The van der Waals surface area contributed by atoms with Crippen molar-refractivity contribution < 1.29 is 9.53 Å². The van der Waals surface area contributed by atoms with Crippen LogP contribution in [0.2, 0.25) is 0 Å². The van der Waals surface area contributed by atoms with Crippen molar-refractivity contribution in [2.24, 2.45) is 0 Å². The van der Waals surface area contributed by atoms with E-state index in [9.17, 15) is 4.79 Å².